The quantitative estimate of drug-likeness (QED) is 0.384. The smallest absolute Gasteiger partial charge is 0.162 e. The second-order valence-corrected chi connectivity index (χ2v) is 7.05. The normalized spacial score (nSPS) is 11.1. The highest BCUT2D eigenvalue weighted by Gasteiger charge is 2.16. The van der Waals surface area contributed by atoms with Crippen molar-refractivity contribution in [2.45, 2.75) is 26.7 Å². The number of aromatic nitrogens is 1. The Bertz CT molecular complexity index is 1160. The Morgan fingerprint density at radius 3 is 1.66 bits per heavy atom. The van der Waals surface area contributed by atoms with Gasteiger partial charge in [0.1, 0.15) is 5.75 Å². The van der Waals surface area contributed by atoms with E-state index in [1.807, 2.05) is 74.5 Å². The van der Waals surface area contributed by atoms with Crippen molar-refractivity contribution < 1.29 is 14.3 Å². The third kappa shape index (κ3) is 3.21. The Hall–Kier alpha value is -3.40. The number of fused-ring (bicyclic) bond motifs is 3. The van der Waals surface area contributed by atoms with Crippen molar-refractivity contribution in [2.75, 3.05) is 7.11 Å². The second kappa shape index (κ2) is 7.55. The lowest BCUT2D eigenvalue weighted by Crippen LogP contribution is -1.97. The topological polar surface area (TPSA) is 48.3 Å². The van der Waals surface area contributed by atoms with E-state index in [0.29, 0.717) is 24.0 Å². The van der Waals surface area contributed by atoms with E-state index in [-0.39, 0.29) is 11.6 Å². The standard InChI is InChI=1S/C25H23NO3/c1-4-24(27)16-6-12-22-20(14-16)21-15-17(25(28)5-2)7-13-23(21)26(22)18-8-10-19(29-3)11-9-18/h6-15H,4-5H2,1-3H3. The number of Topliss-reactive ketones (excluding diaryl/α,β-unsaturated/α-hetero) is 2. The molecular weight excluding hydrogens is 362 g/mol. The van der Waals surface area contributed by atoms with Crippen molar-refractivity contribution >= 4 is 33.4 Å². The van der Waals surface area contributed by atoms with Crippen LogP contribution in [0.25, 0.3) is 27.5 Å². The van der Waals surface area contributed by atoms with Crippen molar-refractivity contribution in [2.24, 2.45) is 0 Å². The maximum Gasteiger partial charge on any atom is 0.162 e. The van der Waals surface area contributed by atoms with E-state index in [9.17, 15) is 9.59 Å². The Morgan fingerprint density at radius 2 is 1.24 bits per heavy atom. The van der Waals surface area contributed by atoms with Crippen LogP contribution in [0.2, 0.25) is 0 Å². The molecular formula is C25H23NO3. The first-order valence-electron chi connectivity index (χ1n) is 9.86. The number of ether oxygens (including phenoxy) is 1. The van der Waals surface area contributed by atoms with Gasteiger partial charge < -0.3 is 9.30 Å². The third-order valence-corrected chi connectivity index (χ3v) is 5.38. The molecule has 4 rings (SSSR count). The van der Waals surface area contributed by atoms with Crippen LogP contribution in [0.1, 0.15) is 47.4 Å². The molecule has 4 heteroatoms. The highest BCUT2D eigenvalue weighted by Crippen LogP contribution is 2.34. The maximum absolute atomic E-state index is 12.3. The monoisotopic (exact) mass is 385 g/mol. The molecule has 3 aromatic carbocycles. The molecule has 1 aromatic heterocycles. The lowest BCUT2D eigenvalue weighted by Gasteiger charge is -2.09. The fourth-order valence-electron chi connectivity index (χ4n) is 3.79. The molecule has 4 aromatic rings. The third-order valence-electron chi connectivity index (χ3n) is 5.38. The zero-order chi connectivity index (χ0) is 20.5. The summed E-state index contributed by atoms with van der Waals surface area (Å²) in [6.07, 6.45) is 0.921. The number of benzene rings is 3. The number of hydrogen-bond acceptors (Lipinski definition) is 3. The van der Waals surface area contributed by atoms with Gasteiger partial charge in [0.2, 0.25) is 0 Å². The summed E-state index contributed by atoms with van der Waals surface area (Å²) in [5.41, 5.74) is 4.38. The number of hydrogen-bond donors (Lipinski definition) is 0. The molecule has 0 N–H and O–H groups in total. The van der Waals surface area contributed by atoms with E-state index in [1.165, 1.54) is 0 Å². The number of methoxy groups -OCH3 is 1. The van der Waals surface area contributed by atoms with E-state index >= 15 is 0 Å². The van der Waals surface area contributed by atoms with Gasteiger partial charge in [-0.3, -0.25) is 9.59 Å². The van der Waals surface area contributed by atoms with Gasteiger partial charge in [-0.1, -0.05) is 13.8 Å². The first-order valence-corrected chi connectivity index (χ1v) is 9.86. The first kappa shape index (κ1) is 18.9. The molecule has 0 bridgehead atoms. The van der Waals surface area contributed by atoms with Crippen molar-refractivity contribution in [1.82, 2.24) is 4.57 Å². The van der Waals surface area contributed by atoms with Gasteiger partial charge in [0.25, 0.3) is 0 Å². The molecule has 0 radical (unpaired) electrons. The van der Waals surface area contributed by atoms with Crippen LogP contribution in [0.5, 0.6) is 5.75 Å². The number of nitrogens with zero attached hydrogens (tertiary/aromatic N) is 1. The molecule has 146 valence electrons. The zero-order valence-corrected chi connectivity index (χ0v) is 16.9. The van der Waals surface area contributed by atoms with Gasteiger partial charge >= 0.3 is 0 Å². The van der Waals surface area contributed by atoms with Crippen molar-refractivity contribution in [1.29, 1.82) is 0 Å². The highest BCUT2D eigenvalue weighted by atomic mass is 16.5. The molecule has 29 heavy (non-hydrogen) atoms. The maximum atomic E-state index is 12.3. The minimum atomic E-state index is 0.109. The summed E-state index contributed by atoms with van der Waals surface area (Å²) in [6, 6.07) is 19.5. The summed E-state index contributed by atoms with van der Waals surface area (Å²) in [6.45, 7) is 3.73. The molecule has 0 unspecified atom stereocenters. The van der Waals surface area contributed by atoms with E-state index in [4.69, 9.17) is 4.74 Å². The second-order valence-electron chi connectivity index (χ2n) is 7.05. The predicted molar refractivity (Wildman–Crippen MR) is 117 cm³/mol. The van der Waals surface area contributed by atoms with Gasteiger partial charge in [0.15, 0.2) is 11.6 Å². The van der Waals surface area contributed by atoms with Gasteiger partial charge in [-0.05, 0) is 60.7 Å². The van der Waals surface area contributed by atoms with Crippen LogP contribution >= 0.6 is 0 Å². The summed E-state index contributed by atoms with van der Waals surface area (Å²) in [5.74, 6) is 1.01. The number of carbonyl (C=O) groups is 2. The van der Waals surface area contributed by atoms with Crippen LogP contribution in [0, 0.1) is 0 Å². The molecule has 0 saturated heterocycles. The molecule has 0 amide bonds. The molecule has 4 nitrogen and oxygen atoms in total. The fraction of sp³-hybridized carbons (Fsp3) is 0.200. The first-order chi connectivity index (χ1) is 14.1. The van der Waals surface area contributed by atoms with Gasteiger partial charge in [-0.2, -0.15) is 0 Å². The molecule has 0 aliphatic heterocycles. The number of ketones is 2. The minimum Gasteiger partial charge on any atom is -0.497 e. The van der Waals surface area contributed by atoms with Gasteiger partial charge in [0.05, 0.1) is 18.1 Å². The molecule has 1 heterocycles. The fourth-order valence-corrected chi connectivity index (χ4v) is 3.79. The van der Waals surface area contributed by atoms with Gasteiger partial charge in [-0.25, -0.2) is 0 Å². The Balaban J connectivity index is 2.04. The van der Waals surface area contributed by atoms with E-state index < -0.39 is 0 Å². The van der Waals surface area contributed by atoms with Crippen LogP contribution in [0.3, 0.4) is 0 Å². The zero-order valence-electron chi connectivity index (χ0n) is 16.9. The summed E-state index contributed by atoms with van der Waals surface area (Å²) in [4.78, 5) is 24.6. The lowest BCUT2D eigenvalue weighted by atomic mass is 10.0. The Morgan fingerprint density at radius 1 is 0.759 bits per heavy atom. The molecule has 0 aliphatic carbocycles. The van der Waals surface area contributed by atoms with E-state index in [2.05, 4.69) is 4.57 Å². The summed E-state index contributed by atoms with van der Waals surface area (Å²) < 4.78 is 7.44. The average Bonchev–Trinajstić information content (AvgIpc) is 3.10. The largest absolute Gasteiger partial charge is 0.497 e. The number of carbonyl (C=O) groups excluding carboxylic acids is 2. The highest BCUT2D eigenvalue weighted by molar-refractivity contribution is 6.13. The van der Waals surface area contributed by atoms with E-state index in [1.54, 1.807) is 7.11 Å². The van der Waals surface area contributed by atoms with Crippen LogP contribution in [-0.2, 0) is 0 Å². The molecule has 0 aliphatic rings. The van der Waals surface area contributed by atoms with Crippen LogP contribution < -0.4 is 4.74 Å². The average molecular weight is 385 g/mol. The summed E-state index contributed by atoms with van der Waals surface area (Å²) in [5, 5.41) is 1.95. The van der Waals surface area contributed by atoms with Crippen LogP contribution in [0.4, 0.5) is 0 Å². The van der Waals surface area contributed by atoms with Crippen molar-refractivity contribution in [3.05, 3.63) is 71.8 Å². The SMILES string of the molecule is CCC(=O)c1ccc2c(c1)c1cc(C(=O)CC)ccc1n2-c1ccc(OC)cc1. The van der Waals surface area contributed by atoms with Gasteiger partial charge in [0, 0.05) is 40.4 Å². The number of rotatable bonds is 6. The molecule has 0 spiro atoms. The summed E-state index contributed by atoms with van der Waals surface area (Å²) >= 11 is 0. The predicted octanol–water partition coefficient (Wildman–Crippen LogP) is 5.98. The lowest BCUT2D eigenvalue weighted by molar-refractivity contribution is 0.0980. The molecule has 0 atom stereocenters. The molecule has 0 fully saturated rings. The van der Waals surface area contributed by atoms with E-state index in [0.717, 1.165) is 33.2 Å². The van der Waals surface area contributed by atoms with Crippen molar-refractivity contribution in [3.63, 3.8) is 0 Å². The molecule has 0 saturated carbocycles. The Kier molecular flexibility index (Phi) is 4.93. The Labute approximate surface area is 169 Å². The van der Waals surface area contributed by atoms with Gasteiger partial charge in [-0.15, -0.1) is 0 Å². The van der Waals surface area contributed by atoms with Crippen LogP contribution in [-0.4, -0.2) is 23.2 Å². The van der Waals surface area contributed by atoms with Crippen molar-refractivity contribution in [3.8, 4) is 11.4 Å². The minimum absolute atomic E-state index is 0.109. The van der Waals surface area contributed by atoms with Crippen LogP contribution in [0.15, 0.2) is 60.7 Å². The summed E-state index contributed by atoms with van der Waals surface area (Å²) in [7, 11) is 1.65.